The molecule has 5 nitrogen and oxygen atoms in total. The number of likely N-dealkylation sites (tertiary alicyclic amines) is 1. The first-order valence-corrected chi connectivity index (χ1v) is 9.54. The molecule has 0 saturated carbocycles. The number of benzene rings is 1. The Kier molecular flexibility index (Phi) is 5.14. The number of carbonyl (C=O) groups excluding carboxylic acids is 1. The van der Waals surface area contributed by atoms with Crippen LogP contribution in [0.1, 0.15) is 29.0 Å². The Morgan fingerprint density at radius 2 is 2.33 bits per heavy atom. The maximum atomic E-state index is 12.9. The summed E-state index contributed by atoms with van der Waals surface area (Å²) in [7, 11) is 1.64. The fourth-order valence-corrected chi connectivity index (χ4v) is 3.91. The van der Waals surface area contributed by atoms with Crippen LogP contribution in [0.2, 0.25) is 0 Å². The summed E-state index contributed by atoms with van der Waals surface area (Å²) in [4.78, 5) is 22.7. The van der Waals surface area contributed by atoms with Gasteiger partial charge in [-0.15, -0.1) is 0 Å². The van der Waals surface area contributed by atoms with Crippen LogP contribution < -0.4 is 4.74 Å². The van der Waals surface area contributed by atoms with Crippen molar-refractivity contribution in [3.8, 4) is 17.1 Å². The number of imidazole rings is 1. The molecule has 1 aliphatic heterocycles. The van der Waals surface area contributed by atoms with Crippen molar-refractivity contribution in [2.24, 2.45) is 0 Å². The number of aromatic nitrogens is 2. The highest BCUT2D eigenvalue weighted by atomic mass is 32.2. The molecule has 1 saturated heterocycles. The summed E-state index contributed by atoms with van der Waals surface area (Å²) >= 11 is 1.79. The molecule has 3 rings (SSSR count). The molecule has 0 spiro atoms. The molecule has 1 N–H and O–H groups in total. The third-order valence-corrected chi connectivity index (χ3v) is 5.15. The van der Waals surface area contributed by atoms with E-state index >= 15 is 0 Å². The van der Waals surface area contributed by atoms with E-state index in [0.717, 1.165) is 42.1 Å². The van der Waals surface area contributed by atoms with Gasteiger partial charge in [0.15, 0.2) is 0 Å². The number of aryl methyl sites for hydroxylation is 1. The first kappa shape index (κ1) is 16.9. The van der Waals surface area contributed by atoms with Crippen molar-refractivity contribution in [3.63, 3.8) is 0 Å². The summed E-state index contributed by atoms with van der Waals surface area (Å²) in [5, 5.41) is 0. The zero-order valence-electron chi connectivity index (χ0n) is 14.3. The Morgan fingerprint density at radius 3 is 3.08 bits per heavy atom. The number of hydrogen-bond donors (Lipinski definition) is 1. The van der Waals surface area contributed by atoms with Gasteiger partial charge in [-0.1, -0.05) is 12.1 Å². The molecule has 0 radical (unpaired) electrons. The van der Waals surface area contributed by atoms with Gasteiger partial charge in [0.05, 0.1) is 7.11 Å². The highest BCUT2D eigenvalue weighted by molar-refractivity contribution is 7.98. The highest BCUT2D eigenvalue weighted by Crippen LogP contribution is 2.26. The summed E-state index contributed by atoms with van der Waals surface area (Å²) in [5.74, 6) is 2.50. The molecule has 1 atom stereocenters. The van der Waals surface area contributed by atoms with Crippen molar-refractivity contribution in [2.75, 3.05) is 25.7 Å². The fraction of sp³-hybridized carbons (Fsp3) is 0.444. The maximum Gasteiger partial charge on any atom is 0.274 e. The van der Waals surface area contributed by atoms with Gasteiger partial charge in [-0.2, -0.15) is 11.8 Å². The van der Waals surface area contributed by atoms with Gasteiger partial charge in [0.2, 0.25) is 0 Å². The van der Waals surface area contributed by atoms with E-state index in [1.807, 2.05) is 36.1 Å². The van der Waals surface area contributed by atoms with Crippen LogP contribution in [0, 0.1) is 6.92 Å². The third kappa shape index (κ3) is 3.29. The molecule has 128 valence electrons. The van der Waals surface area contributed by atoms with Crippen LogP contribution in [0.5, 0.6) is 5.75 Å². The molecule has 2 heterocycles. The number of H-pyrrole nitrogens is 1. The summed E-state index contributed by atoms with van der Waals surface area (Å²) < 4.78 is 5.26. The average Bonchev–Trinajstić information content (AvgIpc) is 3.21. The van der Waals surface area contributed by atoms with Crippen molar-refractivity contribution in [1.82, 2.24) is 14.9 Å². The lowest BCUT2D eigenvalue weighted by Gasteiger charge is -2.23. The van der Waals surface area contributed by atoms with Crippen LogP contribution >= 0.6 is 11.8 Å². The number of aromatic amines is 1. The van der Waals surface area contributed by atoms with Gasteiger partial charge in [-0.25, -0.2) is 4.98 Å². The zero-order chi connectivity index (χ0) is 17.1. The van der Waals surface area contributed by atoms with Gasteiger partial charge < -0.3 is 14.6 Å². The van der Waals surface area contributed by atoms with Gasteiger partial charge in [-0.05, 0) is 38.2 Å². The summed E-state index contributed by atoms with van der Waals surface area (Å²) in [6, 6.07) is 8.01. The number of thioether (sulfide) groups is 1. The third-order valence-electron chi connectivity index (χ3n) is 4.43. The van der Waals surface area contributed by atoms with E-state index in [2.05, 4.69) is 16.2 Å². The number of rotatable bonds is 5. The smallest absolute Gasteiger partial charge is 0.274 e. The highest BCUT2D eigenvalue weighted by Gasteiger charge is 2.31. The van der Waals surface area contributed by atoms with Crippen molar-refractivity contribution in [2.45, 2.75) is 25.8 Å². The number of nitrogens with one attached hydrogen (secondary N) is 1. The lowest BCUT2D eigenvalue weighted by Crippen LogP contribution is -2.37. The quantitative estimate of drug-likeness (QED) is 0.903. The zero-order valence-corrected chi connectivity index (χ0v) is 15.2. The largest absolute Gasteiger partial charge is 0.497 e. The Bertz CT molecular complexity index is 729. The van der Waals surface area contributed by atoms with Crippen molar-refractivity contribution < 1.29 is 9.53 Å². The second kappa shape index (κ2) is 7.30. The van der Waals surface area contributed by atoms with Gasteiger partial charge in [0, 0.05) is 29.6 Å². The Morgan fingerprint density at radius 1 is 1.50 bits per heavy atom. The Hall–Kier alpha value is -1.95. The number of carbonyl (C=O) groups is 1. The monoisotopic (exact) mass is 345 g/mol. The SMILES string of the molecule is COc1cccc(-c2nc(C(=O)N3CCC[C@@H]3CSC)c(C)[nH]2)c1. The predicted octanol–water partition coefficient (Wildman–Crippen LogP) is 3.36. The lowest BCUT2D eigenvalue weighted by atomic mass is 10.2. The molecule has 1 aromatic heterocycles. The van der Waals surface area contributed by atoms with E-state index in [0.29, 0.717) is 17.6 Å². The van der Waals surface area contributed by atoms with E-state index in [-0.39, 0.29) is 5.91 Å². The number of methoxy groups -OCH3 is 1. The maximum absolute atomic E-state index is 12.9. The standard InChI is InChI=1S/C18H23N3O2S/c1-12-16(18(22)21-9-5-7-14(21)11-24-3)20-17(19-12)13-6-4-8-15(10-13)23-2/h4,6,8,10,14H,5,7,9,11H2,1-3H3,(H,19,20)/t14-/m1/s1. The summed E-state index contributed by atoms with van der Waals surface area (Å²) in [5.41, 5.74) is 2.26. The number of ether oxygens (including phenoxy) is 1. The van der Waals surface area contributed by atoms with Gasteiger partial charge in [0.1, 0.15) is 17.3 Å². The Labute approximate surface area is 146 Å². The second-order valence-corrected chi connectivity index (χ2v) is 6.95. The van der Waals surface area contributed by atoms with E-state index < -0.39 is 0 Å². The average molecular weight is 345 g/mol. The molecule has 6 heteroatoms. The van der Waals surface area contributed by atoms with E-state index in [1.54, 1.807) is 18.9 Å². The summed E-state index contributed by atoms with van der Waals surface area (Å²) in [6.45, 7) is 2.73. The molecule has 1 fully saturated rings. The molecule has 0 bridgehead atoms. The van der Waals surface area contributed by atoms with Crippen molar-refractivity contribution in [1.29, 1.82) is 0 Å². The van der Waals surface area contributed by atoms with Crippen LogP contribution in [0.3, 0.4) is 0 Å². The van der Waals surface area contributed by atoms with Crippen LogP contribution in [-0.4, -0.2) is 52.5 Å². The molecule has 1 aliphatic rings. The molecular formula is C18H23N3O2S. The van der Waals surface area contributed by atoms with Crippen molar-refractivity contribution in [3.05, 3.63) is 35.7 Å². The molecule has 24 heavy (non-hydrogen) atoms. The molecule has 1 aromatic carbocycles. The topological polar surface area (TPSA) is 58.2 Å². The van der Waals surface area contributed by atoms with E-state index in [4.69, 9.17) is 4.74 Å². The minimum absolute atomic E-state index is 0.0365. The predicted molar refractivity (Wildman–Crippen MR) is 97.8 cm³/mol. The molecule has 2 aromatic rings. The van der Waals surface area contributed by atoms with Crippen LogP contribution in [0.25, 0.3) is 11.4 Å². The molecule has 1 amide bonds. The van der Waals surface area contributed by atoms with E-state index in [1.165, 1.54) is 0 Å². The normalized spacial score (nSPS) is 17.3. The van der Waals surface area contributed by atoms with Crippen LogP contribution in [-0.2, 0) is 0 Å². The Balaban J connectivity index is 1.87. The van der Waals surface area contributed by atoms with Gasteiger partial charge in [-0.3, -0.25) is 4.79 Å². The first-order chi connectivity index (χ1) is 11.6. The van der Waals surface area contributed by atoms with Crippen LogP contribution in [0.15, 0.2) is 24.3 Å². The number of hydrogen-bond acceptors (Lipinski definition) is 4. The fourth-order valence-electron chi connectivity index (χ4n) is 3.18. The van der Waals surface area contributed by atoms with Gasteiger partial charge >= 0.3 is 0 Å². The van der Waals surface area contributed by atoms with Crippen molar-refractivity contribution >= 4 is 17.7 Å². The van der Waals surface area contributed by atoms with E-state index in [9.17, 15) is 4.79 Å². The first-order valence-electron chi connectivity index (χ1n) is 8.15. The summed E-state index contributed by atoms with van der Waals surface area (Å²) in [6.07, 6.45) is 4.24. The molecule has 0 unspecified atom stereocenters. The number of amides is 1. The van der Waals surface area contributed by atoms with Gasteiger partial charge in [0.25, 0.3) is 5.91 Å². The number of nitrogens with zero attached hydrogens (tertiary/aromatic N) is 2. The molecule has 0 aliphatic carbocycles. The lowest BCUT2D eigenvalue weighted by molar-refractivity contribution is 0.0744. The van der Waals surface area contributed by atoms with Crippen LogP contribution in [0.4, 0.5) is 0 Å². The minimum atomic E-state index is 0.0365. The second-order valence-electron chi connectivity index (χ2n) is 6.04. The minimum Gasteiger partial charge on any atom is -0.497 e. The molecular weight excluding hydrogens is 322 g/mol.